The van der Waals surface area contributed by atoms with Gasteiger partial charge in [0.1, 0.15) is 72.7 Å². The number of aromatic nitrogens is 16. The lowest BCUT2D eigenvalue weighted by Gasteiger charge is -2.19. The van der Waals surface area contributed by atoms with Crippen molar-refractivity contribution in [3.63, 3.8) is 0 Å². The number of ketones is 1. The Bertz CT molecular complexity index is 4640. The lowest BCUT2D eigenvalue weighted by Crippen LogP contribution is -2.32. The molecular weight excluding hydrogens is 1520 g/mol. The van der Waals surface area contributed by atoms with E-state index in [9.17, 15) is 48.6 Å². The topological polar surface area (TPSA) is 548 Å². The van der Waals surface area contributed by atoms with Crippen LogP contribution < -0.4 is 28.0 Å². The number of rotatable bonds is 37. The summed E-state index contributed by atoms with van der Waals surface area (Å²) in [4.78, 5) is 136. The molecule has 0 aliphatic rings. The third-order valence-electron chi connectivity index (χ3n) is 15.3. The quantitative estimate of drug-likeness (QED) is 0.0115. The monoisotopic (exact) mass is 1620 g/mol. The van der Waals surface area contributed by atoms with E-state index in [1.165, 1.54) is 41.4 Å². The summed E-state index contributed by atoms with van der Waals surface area (Å²) in [6.45, 7) is 21.1. The number of nitrogen functional groups attached to an aromatic ring is 1. The summed E-state index contributed by atoms with van der Waals surface area (Å²) in [5.41, 5.74) is 5.36. The number of aromatic amines is 4. The zero-order valence-corrected chi connectivity index (χ0v) is 65.9. The fraction of sp³-hybridized carbons (Fsp3) is 0.600. The number of carbonyl (C=O) groups excluding carboxylic acids is 4. The summed E-state index contributed by atoms with van der Waals surface area (Å²) in [6.07, 6.45) is 4.68. The normalized spacial score (nSPS) is 14.9. The highest BCUT2D eigenvalue weighted by atomic mass is 31.0. The third-order valence-corrected chi connectivity index (χ3v) is 16.6. The number of nitrogens with zero attached hydrogens (tertiary/aromatic N) is 18. The highest BCUT2D eigenvalue weighted by Crippen LogP contribution is 2.19. The smallest absolute Gasteiger partial charge is 0.331 e. The molecule has 0 amide bonds. The Kier molecular flexibility index (Phi) is 34.9. The first-order valence-electron chi connectivity index (χ1n) is 35.5. The molecule has 8 rings (SSSR count). The molecule has 0 bridgehead atoms. The van der Waals surface area contributed by atoms with Gasteiger partial charge in [-0.1, -0.05) is 76.2 Å². The van der Waals surface area contributed by atoms with Crippen molar-refractivity contribution in [2.75, 3.05) is 45.4 Å². The van der Waals surface area contributed by atoms with Gasteiger partial charge in [0.2, 0.25) is 23.8 Å². The Hall–Kier alpha value is -8.40. The maximum absolute atomic E-state index is 12.2. The summed E-state index contributed by atoms with van der Waals surface area (Å²) in [5, 5.41) is 27.9. The van der Waals surface area contributed by atoms with Crippen LogP contribution in [0.25, 0.3) is 44.7 Å². The minimum absolute atomic E-state index is 0.00429. The number of imidazole rings is 4. The van der Waals surface area contributed by atoms with Crippen molar-refractivity contribution in [3.05, 3.63) is 66.7 Å². The molecule has 4 unspecified atom stereocenters. The molecule has 8 aromatic heterocycles. The minimum Gasteiger partial charge on any atom is -0.463 e. The Labute approximate surface area is 632 Å². The number of nitrogens with two attached hydrogens (primary N) is 1. The Balaban J connectivity index is 0.000000307. The second kappa shape index (κ2) is 46.1. The third kappa shape index (κ3) is 27.3. The van der Waals surface area contributed by atoms with Gasteiger partial charge in [-0.25, -0.2) is 29.5 Å². The van der Waals surface area contributed by atoms with E-state index in [2.05, 4.69) is 88.3 Å². The summed E-state index contributed by atoms with van der Waals surface area (Å²) in [7, 11) is 0.138. The van der Waals surface area contributed by atoms with Crippen LogP contribution in [0.15, 0.2) is 73.0 Å². The van der Waals surface area contributed by atoms with Gasteiger partial charge >= 0.3 is 17.9 Å². The van der Waals surface area contributed by atoms with Crippen LogP contribution in [0.5, 0.6) is 0 Å². The lowest BCUT2D eigenvalue weighted by atomic mass is 9.99. The molecule has 584 valence electrons. The van der Waals surface area contributed by atoms with E-state index in [1.807, 2.05) is 55.4 Å². The maximum Gasteiger partial charge on any atom is 0.331 e. The molecule has 0 spiro atoms. The van der Waals surface area contributed by atoms with Crippen LogP contribution in [0, 0.1) is 29.6 Å². The highest BCUT2D eigenvalue weighted by molar-refractivity contribution is 7.05. The van der Waals surface area contributed by atoms with Crippen molar-refractivity contribution >= 4 is 146 Å². The number of hydrogen-bond acceptors (Lipinski definition) is 33. The molecular formula is C60H91N23O18P6. The van der Waals surface area contributed by atoms with Crippen LogP contribution in [-0.2, 0) is 79.3 Å². The molecule has 0 saturated carbocycles. The number of ether oxygens (including phenoxy) is 7. The molecule has 47 heteroatoms. The molecule has 0 aliphatic heterocycles. The van der Waals surface area contributed by atoms with E-state index >= 15 is 0 Å². The molecule has 0 aromatic carbocycles. The van der Waals surface area contributed by atoms with E-state index in [-0.39, 0.29) is 236 Å². The van der Waals surface area contributed by atoms with Crippen LogP contribution in [0.3, 0.4) is 0 Å². The van der Waals surface area contributed by atoms with Crippen molar-refractivity contribution < 1.29 is 67.7 Å². The Morgan fingerprint density at radius 2 is 0.794 bits per heavy atom. The van der Waals surface area contributed by atoms with Gasteiger partial charge in [0.05, 0.1) is 63.3 Å². The Morgan fingerprint density at radius 3 is 1.09 bits per heavy atom. The number of H-pyrrole nitrogens is 4. The van der Waals surface area contributed by atoms with Crippen molar-refractivity contribution in [1.82, 2.24) is 78.1 Å². The molecule has 8 atom stereocenters. The number of aliphatic hydroxyl groups is 3. The molecule has 0 radical (unpaired) electrons. The summed E-state index contributed by atoms with van der Waals surface area (Å²) in [5.74, 6) is -1.34. The molecule has 107 heavy (non-hydrogen) atoms. The van der Waals surface area contributed by atoms with Gasteiger partial charge in [-0.05, 0) is 97.3 Å². The number of Topliss-reactive ketones (excluding diaryl/α,β-unsaturated/α-hetero) is 1. The Morgan fingerprint density at radius 1 is 0.486 bits per heavy atom. The van der Waals surface area contributed by atoms with Crippen LogP contribution in [0.2, 0.25) is 0 Å². The van der Waals surface area contributed by atoms with Gasteiger partial charge < -0.3 is 54.2 Å². The van der Waals surface area contributed by atoms with E-state index in [1.54, 1.807) is 29.9 Å². The predicted molar refractivity (Wildman–Crippen MR) is 405 cm³/mol. The fourth-order valence-corrected chi connectivity index (χ4v) is 10.1. The number of hydrogen-bond donors (Lipinski definition) is 8. The van der Waals surface area contributed by atoms with Crippen LogP contribution in [-0.4, -0.2) is 207 Å². The number of carbonyl (C=O) groups is 4. The first kappa shape index (κ1) is 81.1. The van der Waals surface area contributed by atoms with E-state index in [0.29, 0.717) is 18.5 Å². The number of aliphatic hydroxyl groups excluding tert-OH is 3. The molecule has 0 saturated heterocycles. The molecule has 8 heterocycles. The molecule has 9 N–H and O–H groups in total. The van der Waals surface area contributed by atoms with E-state index < -0.39 is 65.1 Å². The van der Waals surface area contributed by atoms with Gasteiger partial charge in [-0.3, -0.25) is 81.2 Å². The highest BCUT2D eigenvalue weighted by Gasteiger charge is 2.27. The van der Waals surface area contributed by atoms with Gasteiger partial charge in [0, 0.05) is 0 Å². The van der Waals surface area contributed by atoms with E-state index in [0.717, 1.165) is 0 Å². The summed E-state index contributed by atoms with van der Waals surface area (Å²) < 4.78 is 109. The minimum atomic E-state index is -0.823. The fourth-order valence-electron chi connectivity index (χ4n) is 8.64. The summed E-state index contributed by atoms with van der Waals surface area (Å²) >= 11 is 0. The van der Waals surface area contributed by atoms with Gasteiger partial charge in [-0.2, -0.15) is 34.2 Å². The second-order valence-electron chi connectivity index (χ2n) is 24.4. The molecule has 8 aromatic rings. The van der Waals surface area contributed by atoms with Crippen molar-refractivity contribution in [2.45, 2.75) is 165 Å². The lowest BCUT2D eigenvalue weighted by molar-refractivity contribution is -0.156. The second-order valence-corrected chi connectivity index (χ2v) is 25.7. The van der Waals surface area contributed by atoms with Gasteiger partial charge in [0.25, 0.3) is 22.2 Å². The van der Waals surface area contributed by atoms with Crippen molar-refractivity contribution in [2.24, 2.45) is 58.1 Å². The molecule has 0 aliphatic carbocycles. The van der Waals surface area contributed by atoms with Gasteiger partial charge in [0.15, 0.2) is 62.5 Å². The number of fused-ring (bicyclic) bond motifs is 4. The van der Waals surface area contributed by atoms with Gasteiger partial charge in [-0.15, -0.1) is 0 Å². The SMILES string of the molecule is CC(C)[C@H](C)C(=O)OCC(CO)OCn1cnc2c(=O)[nH]c(N)nc21.[2H]P=N[C@H](C(=O)OCC(CC)OCn1cnc2c(=O)[nH]c(N=P[3H])nc21)C(C)C.[2H]P=N[C@H](C(=O)OCC(CO)OCn1cnc2c(=O)[nH]c(N=P[3H])nc21)C(C)C.[2H]P=N[C@H](C(C)=O)C(C)C.[3H]P=Nc1nc2c(ncn2COC(CC)CO)c(=O)[nH]1. The standard InChI is InChI=1S/C15H22N6O4P2.C15H23N5O5.C14H20N6O5P2.C10H14N5O3P.C6H12NOP/c1-4-9(5-24-14(23)10(19-26)8(2)3)25-7-21-6-16-11-12(21)17-15(20-27)18-13(11)22;1-8(2)9(3)14(23)24-5-10(4-21)25-7-20-6-17-11-12(20)18-15(16)19-13(11)22;1-7(2)9(18-26)13(23)24-4-8(3-21)25-6-20-5-15-10-11(20)16-14(19-27)17-12(10)22;1-2-6(3-16)18-5-15-4-11-7-8(15)12-10(14-19)13-9(7)17;1-4(2)6(7-9)5(3)8/h6,8-10,26-27H,4-5,7H2,1-3H3,(H,17,18,22);6,8-10,21H,4-5,7H2,1-3H3,(H3,16,18,19,22);5,7-9,21,26-27H,3-4,6H2,1-2H3,(H,16,17,22);4,6,16,19H,2-3,5H2,1H3,(H,12,13,17);4,6,9H,1-3H3/t9?,10-;9-,10?;8?,9-;;6-/m000.0/s1/i26D,27T;;26D,27T;19T;9D. The van der Waals surface area contributed by atoms with Crippen LogP contribution in [0.1, 0.15) is 95.9 Å². The predicted octanol–water partition coefficient (Wildman–Crippen LogP) is 6.65. The van der Waals surface area contributed by atoms with Crippen LogP contribution in [0.4, 0.5) is 23.8 Å². The largest absolute Gasteiger partial charge is 0.463 e. The number of nitrogens with one attached hydrogen (secondary N) is 4. The first-order valence-corrected chi connectivity index (χ1v) is 35.3. The van der Waals surface area contributed by atoms with Crippen LogP contribution >= 0.6 is 53.9 Å². The average molecular weight is 1620 g/mol. The summed E-state index contributed by atoms with van der Waals surface area (Å²) in [6, 6.07) is -1.72. The average Bonchev–Trinajstić information content (AvgIpc) is 1.69. The number of esters is 3. The van der Waals surface area contributed by atoms with E-state index in [4.69, 9.17) is 51.7 Å². The van der Waals surface area contributed by atoms with Crippen molar-refractivity contribution in [1.29, 1.82) is 7.67 Å². The first-order chi connectivity index (χ1) is 53.9. The molecule has 41 nitrogen and oxygen atoms in total. The number of anilines is 1. The maximum atomic E-state index is 12.2. The van der Waals surface area contributed by atoms with Crippen molar-refractivity contribution in [3.8, 4) is 0 Å². The zero-order chi connectivity index (χ0) is 84.0. The molecule has 0 fully saturated rings. The zero-order valence-electron chi connectivity index (χ0n) is 66.5.